The molecule has 0 aliphatic carbocycles. The highest BCUT2D eigenvalue weighted by Gasteiger charge is 2.21. The Hall–Kier alpha value is -2.83. The lowest BCUT2D eigenvalue weighted by Gasteiger charge is -2.36. The predicted octanol–water partition coefficient (Wildman–Crippen LogP) is 4.23. The number of hydrogen-bond acceptors (Lipinski definition) is 4. The summed E-state index contributed by atoms with van der Waals surface area (Å²) in [5.41, 5.74) is 3.98. The Balaban J connectivity index is 1.57. The summed E-state index contributed by atoms with van der Waals surface area (Å²) >= 11 is 6.25. The predicted molar refractivity (Wildman–Crippen MR) is 122 cm³/mol. The van der Waals surface area contributed by atoms with Gasteiger partial charge in [-0.25, -0.2) is 4.68 Å². The Morgan fingerprint density at radius 2 is 1.83 bits per heavy atom. The minimum absolute atomic E-state index is 0.189. The molecule has 0 radical (unpaired) electrons. The molecule has 1 amide bonds. The van der Waals surface area contributed by atoms with Crippen molar-refractivity contribution in [2.24, 2.45) is 0 Å². The van der Waals surface area contributed by atoms with Gasteiger partial charge in [0.2, 0.25) is 0 Å². The van der Waals surface area contributed by atoms with E-state index in [4.69, 9.17) is 11.6 Å². The summed E-state index contributed by atoms with van der Waals surface area (Å²) in [6, 6.07) is 15.5. The van der Waals surface area contributed by atoms with Crippen molar-refractivity contribution in [3.05, 3.63) is 71.0 Å². The summed E-state index contributed by atoms with van der Waals surface area (Å²) in [7, 11) is 0. The van der Waals surface area contributed by atoms with Crippen LogP contribution in [0.25, 0.3) is 5.69 Å². The Bertz CT molecular complexity index is 1030. The zero-order valence-corrected chi connectivity index (χ0v) is 18.1. The van der Waals surface area contributed by atoms with Crippen LogP contribution in [-0.4, -0.2) is 53.3 Å². The second-order valence-electron chi connectivity index (χ2n) is 7.43. The van der Waals surface area contributed by atoms with E-state index in [1.165, 1.54) is 0 Å². The molecule has 156 valence electrons. The summed E-state index contributed by atoms with van der Waals surface area (Å²) < 4.78 is 1.78. The standard InChI is InChI=1S/C23H26ClN5O/c1-3-27-11-13-28(14-12-27)22-10-9-18(24)15-21(22)26-23(30)20-16-25-29(17(20)2)19-7-5-4-6-8-19/h4-10,15-16H,3,11-14H2,1-2H3,(H,26,30). The summed E-state index contributed by atoms with van der Waals surface area (Å²) in [5.74, 6) is -0.189. The van der Waals surface area contributed by atoms with Crippen LogP contribution in [-0.2, 0) is 0 Å². The molecule has 0 saturated carbocycles. The van der Waals surface area contributed by atoms with E-state index in [9.17, 15) is 4.79 Å². The summed E-state index contributed by atoms with van der Waals surface area (Å²) in [6.07, 6.45) is 1.61. The van der Waals surface area contributed by atoms with E-state index in [-0.39, 0.29) is 5.91 Å². The third-order valence-corrected chi connectivity index (χ3v) is 5.86. The minimum Gasteiger partial charge on any atom is -0.367 e. The monoisotopic (exact) mass is 423 g/mol. The van der Waals surface area contributed by atoms with Crippen LogP contribution < -0.4 is 10.2 Å². The van der Waals surface area contributed by atoms with Gasteiger partial charge in [0.25, 0.3) is 5.91 Å². The van der Waals surface area contributed by atoms with Crippen molar-refractivity contribution < 1.29 is 4.79 Å². The molecule has 1 saturated heterocycles. The fourth-order valence-corrected chi connectivity index (χ4v) is 4.01. The van der Waals surface area contributed by atoms with E-state index in [2.05, 4.69) is 27.1 Å². The quantitative estimate of drug-likeness (QED) is 0.667. The normalized spacial score (nSPS) is 14.7. The first kappa shape index (κ1) is 20.4. The lowest BCUT2D eigenvalue weighted by atomic mass is 10.2. The molecule has 0 atom stereocenters. The average molecular weight is 424 g/mol. The van der Waals surface area contributed by atoms with E-state index in [0.29, 0.717) is 10.6 Å². The Morgan fingerprint density at radius 3 is 2.53 bits per heavy atom. The maximum absolute atomic E-state index is 13.1. The van der Waals surface area contributed by atoms with Gasteiger partial charge in [-0.1, -0.05) is 36.7 Å². The van der Waals surface area contributed by atoms with Gasteiger partial charge in [-0.2, -0.15) is 5.10 Å². The van der Waals surface area contributed by atoms with Crippen LogP contribution in [0.3, 0.4) is 0 Å². The van der Waals surface area contributed by atoms with Gasteiger partial charge < -0.3 is 15.1 Å². The van der Waals surface area contributed by atoms with Crippen LogP contribution in [0, 0.1) is 6.92 Å². The van der Waals surface area contributed by atoms with E-state index in [1.54, 1.807) is 10.9 Å². The Morgan fingerprint density at radius 1 is 1.10 bits per heavy atom. The zero-order valence-electron chi connectivity index (χ0n) is 17.3. The first-order chi connectivity index (χ1) is 14.6. The van der Waals surface area contributed by atoms with Crippen molar-refractivity contribution >= 4 is 28.9 Å². The molecule has 1 aliphatic rings. The molecule has 1 N–H and O–H groups in total. The molecule has 1 aliphatic heterocycles. The highest BCUT2D eigenvalue weighted by Crippen LogP contribution is 2.31. The van der Waals surface area contributed by atoms with E-state index >= 15 is 0 Å². The van der Waals surface area contributed by atoms with Crippen molar-refractivity contribution in [1.29, 1.82) is 0 Å². The van der Waals surface area contributed by atoms with Gasteiger partial charge in [0, 0.05) is 31.2 Å². The largest absolute Gasteiger partial charge is 0.367 e. The van der Waals surface area contributed by atoms with Gasteiger partial charge in [-0.15, -0.1) is 0 Å². The number of amides is 1. The van der Waals surface area contributed by atoms with Crippen LogP contribution in [0.15, 0.2) is 54.7 Å². The Labute approximate surface area is 182 Å². The second-order valence-corrected chi connectivity index (χ2v) is 7.86. The van der Waals surface area contributed by atoms with Crippen molar-refractivity contribution in [3.8, 4) is 5.69 Å². The van der Waals surface area contributed by atoms with Crippen LogP contribution in [0.5, 0.6) is 0 Å². The molecular formula is C23H26ClN5O. The van der Waals surface area contributed by atoms with E-state index < -0.39 is 0 Å². The van der Waals surface area contributed by atoms with Crippen LogP contribution in [0.4, 0.5) is 11.4 Å². The number of nitrogens with zero attached hydrogens (tertiary/aromatic N) is 4. The first-order valence-electron chi connectivity index (χ1n) is 10.2. The molecule has 0 bridgehead atoms. The number of aromatic nitrogens is 2. The van der Waals surface area contributed by atoms with Crippen molar-refractivity contribution in [3.63, 3.8) is 0 Å². The number of anilines is 2. The summed E-state index contributed by atoms with van der Waals surface area (Å²) in [5, 5.41) is 8.07. The van der Waals surface area contributed by atoms with Gasteiger partial charge in [0.05, 0.1) is 34.5 Å². The number of nitrogens with one attached hydrogen (secondary N) is 1. The lowest BCUT2D eigenvalue weighted by Crippen LogP contribution is -2.46. The Kier molecular flexibility index (Phi) is 6.06. The second kappa shape index (κ2) is 8.90. The average Bonchev–Trinajstić information content (AvgIpc) is 3.16. The maximum Gasteiger partial charge on any atom is 0.259 e. The van der Waals surface area contributed by atoms with Gasteiger partial charge in [-0.05, 0) is 43.8 Å². The smallest absolute Gasteiger partial charge is 0.259 e. The SMILES string of the molecule is CCN1CCN(c2ccc(Cl)cc2NC(=O)c2cnn(-c3ccccc3)c2C)CC1. The number of rotatable bonds is 5. The molecular weight excluding hydrogens is 398 g/mol. The number of likely N-dealkylation sites (N-methyl/N-ethyl adjacent to an activating group) is 1. The molecule has 6 nitrogen and oxygen atoms in total. The number of para-hydroxylation sites is 1. The number of piperazine rings is 1. The fourth-order valence-electron chi connectivity index (χ4n) is 3.84. The third kappa shape index (κ3) is 4.20. The van der Waals surface area contributed by atoms with Crippen LogP contribution in [0.2, 0.25) is 5.02 Å². The zero-order chi connectivity index (χ0) is 21.1. The number of hydrogen-bond donors (Lipinski definition) is 1. The summed E-state index contributed by atoms with van der Waals surface area (Å²) in [6.45, 7) is 9.00. The van der Waals surface area contributed by atoms with Crippen molar-refractivity contribution in [2.45, 2.75) is 13.8 Å². The number of carbonyl (C=O) groups excluding carboxylic acids is 1. The molecule has 0 spiro atoms. The third-order valence-electron chi connectivity index (χ3n) is 5.62. The lowest BCUT2D eigenvalue weighted by molar-refractivity contribution is 0.102. The molecule has 1 aromatic heterocycles. The van der Waals surface area contributed by atoms with Gasteiger partial charge in [0.15, 0.2) is 0 Å². The fraction of sp³-hybridized carbons (Fsp3) is 0.304. The molecule has 30 heavy (non-hydrogen) atoms. The first-order valence-corrected chi connectivity index (χ1v) is 10.6. The highest BCUT2D eigenvalue weighted by molar-refractivity contribution is 6.31. The minimum atomic E-state index is -0.189. The van der Waals surface area contributed by atoms with Crippen LogP contribution >= 0.6 is 11.6 Å². The van der Waals surface area contributed by atoms with Crippen molar-refractivity contribution in [2.75, 3.05) is 42.9 Å². The molecule has 2 heterocycles. The summed E-state index contributed by atoms with van der Waals surface area (Å²) in [4.78, 5) is 17.8. The van der Waals surface area contributed by atoms with Crippen molar-refractivity contribution in [1.82, 2.24) is 14.7 Å². The molecule has 0 unspecified atom stereocenters. The number of benzene rings is 2. The molecule has 1 fully saturated rings. The van der Waals surface area contributed by atoms with E-state index in [1.807, 2.05) is 55.5 Å². The molecule has 7 heteroatoms. The van der Waals surface area contributed by atoms with E-state index in [0.717, 1.165) is 55.5 Å². The van der Waals surface area contributed by atoms with Crippen LogP contribution in [0.1, 0.15) is 23.0 Å². The highest BCUT2D eigenvalue weighted by atomic mass is 35.5. The molecule has 3 aromatic rings. The topological polar surface area (TPSA) is 53.4 Å². The number of carbonyl (C=O) groups is 1. The van der Waals surface area contributed by atoms with Gasteiger partial charge in [0.1, 0.15) is 0 Å². The maximum atomic E-state index is 13.1. The molecule has 2 aromatic carbocycles. The van der Waals surface area contributed by atoms with Gasteiger partial charge >= 0.3 is 0 Å². The van der Waals surface area contributed by atoms with Gasteiger partial charge in [-0.3, -0.25) is 4.79 Å². The molecule has 4 rings (SSSR count). The number of halogens is 1.